The molecule has 1 aromatic carbocycles. The highest BCUT2D eigenvalue weighted by Gasteiger charge is 2.40. The first-order valence-corrected chi connectivity index (χ1v) is 13.1. The lowest BCUT2D eigenvalue weighted by Gasteiger charge is -2.40. The number of aromatic nitrogens is 3. The Morgan fingerprint density at radius 3 is 2.51 bits per heavy atom. The number of rotatable bonds is 6. The molecule has 0 unspecified atom stereocenters. The number of benzene rings is 1. The molecule has 6 rings (SSSR count). The number of esters is 1. The molecule has 0 amide bonds. The zero-order chi connectivity index (χ0) is 25.2. The first kappa shape index (κ1) is 23.7. The lowest BCUT2D eigenvalue weighted by atomic mass is 9.77. The van der Waals surface area contributed by atoms with Crippen LogP contribution in [0, 0.1) is 5.41 Å². The monoisotopic (exact) mass is 495 g/mol. The van der Waals surface area contributed by atoms with Gasteiger partial charge in [-0.3, -0.25) is 9.88 Å². The minimum absolute atomic E-state index is 0.314. The van der Waals surface area contributed by atoms with Crippen molar-refractivity contribution < 1.29 is 9.53 Å². The number of nitrogens with zero attached hydrogens (tertiary/aromatic N) is 5. The van der Waals surface area contributed by atoms with Gasteiger partial charge in [0.25, 0.3) is 0 Å². The van der Waals surface area contributed by atoms with Crippen molar-refractivity contribution in [1.82, 2.24) is 19.4 Å². The molecule has 0 saturated carbocycles. The molecule has 7 heteroatoms. The Bertz CT molecular complexity index is 1370. The van der Waals surface area contributed by atoms with Gasteiger partial charge in [0, 0.05) is 68.6 Å². The molecule has 0 N–H and O–H groups in total. The standard InChI is InChI=1S/C30H33N5O2/c1-37-29(36)25-6-4-23(5-7-25)21-35-15-9-26-27(8-14-32-28(26)35)34-17-11-30(12-18-34)10-16-33(22-30)20-24-3-2-13-31-19-24/h2-9,13-15,19H,10-12,16-18,20-22H2,1H3. The fourth-order valence-electron chi connectivity index (χ4n) is 6.08. The summed E-state index contributed by atoms with van der Waals surface area (Å²) in [4.78, 5) is 25.9. The minimum atomic E-state index is -0.314. The van der Waals surface area contributed by atoms with E-state index in [4.69, 9.17) is 9.72 Å². The van der Waals surface area contributed by atoms with E-state index in [0.717, 1.165) is 30.8 Å². The van der Waals surface area contributed by atoms with E-state index in [1.165, 1.54) is 56.1 Å². The molecule has 2 saturated heterocycles. The Balaban J connectivity index is 1.12. The second-order valence-electron chi connectivity index (χ2n) is 10.5. The van der Waals surface area contributed by atoms with Crippen LogP contribution in [0.3, 0.4) is 0 Å². The molecular weight excluding hydrogens is 462 g/mol. The maximum atomic E-state index is 11.7. The Kier molecular flexibility index (Phi) is 6.38. The van der Waals surface area contributed by atoms with Crippen LogP contribution in [0.25, 0.3) is 11.0 Å². The summed E-state index contributed by atoms with van der Waals surface area (Å²) < 4.78 is 6.99. The highest BCUT2D eigenvalue weighted by Crippen LogP contribution is 2.42. The number of likely N-dealkylation sites (tertiary alicyclic amines) is 1. The normalized spacial score (nSPS) is 17.5. The third kappa shape index (κ3) is 4.83. The van der Waals surface area contributed by atoms with Gasteiger partial charge in [-0.15, -0.1) is 0 Å². The largest absolute Gasteiger partial charge is 0.465 e. The summed E-state index contributed by atoms with van der Waals surface area (Å²) in [6.45, 7) is 6.24. The number of hydrogen-bond donors (Lipinski definition) is 0. The van der Waals surface area contributed by atoms with Crippen LogP contribution in [0.15, 0.2) is 73.3 Å². The van der Waals surface area contributed by atoms with E-state index in [-0.39, 0.29) is 5.97 Å². The topological polar surface area (TPSA) is 63.5 Å². The molecule has 0 aliphatic carbocycles. The molecule has 5 heterocycles. The van der Waals surface area contributed by atoms with Crippen LogP contribution in [0.5, 0.6) is 0 Å². The van der Waals surface area contributed by atoms with Crippen molar-refractivity contribution in [3.05, 3.63) is 90.0 Å². The van der Waals surface area contributed by atoms with E-state index in [2.05, 4.69) is 43.7 Å². The van der Waals surface area contributed by atoms with Crippen LogP contribution < -0.4 is 4.90 Å². The summed E-state index contributed by atoms with van der Waals surface area (Å²) in [5.74, 6) is -0.314. The van der Waals surface area contributed by atoms with Gasteiger partial charge in [-0.1, -0.05) is 18.2 Å². The lowest BCUT2D eigenvalue weighted by molar-refractivity contribution is 0.0600. The minimum Gasteiger partial charge on any atom is -0.465 e. The molecule has 37 heavy (non-hydrogen) atoms. The van der Waals surface area contributed by atoms with Crippen molar-refractivity contribution in [2.45, 2.75) is 32.4 Å². The van der Waals surface area contributed by atoms with Crippen LogP contribution in [-0.2, 0) is 17.8 Å². The predicted octanol–water partition coefficient (Wildman–Crippen LogP) is 4.76. The van der Waals surface area contributed by atoms with E-state index < -0.39 is 0 Å². The van der Waals surface area contributed by atoms with Crippen LogP contribution in [-0.4, -0.2) is 58.7 Å². The molecule has 4 aromatic rings. The first-order valence-electron chi connectivity index (χ1n) is 13.1. The SMILES string of the molecule is COC(=O)c1ccc(Cn2ccc3c(N4CCC5(CCN(Cc6cccnc6)C5)CC4)ccnc32)cc1. The molecule has 0 bridgehead atoms. The first-order chi connectivity index (χ1) is 18.1. The number of anilines is 1. The van der Waals surface area contributed by atoms with Gasteiger partial charge in [-0.05, 0) is 72.7 Å². The van der Waals surface area contributed by atoms with Gasteiger partial charge in [0.1, 0.15) is 5.65 Å². The molecular formula is C30H33N5O2. The highest BCUT2D eigenvalue weighted by molar-refractivity contribution is 5.90. The van der Waals surface area contributed by atoms with Crippen molar-refractivity contribution in [2.24, 2.45) is 5.41 Å². The van der Waals surface area contributed by atoms with Gasteiger partial charge >= 0.3 is 5.97 Å². The summed E-state index contributed by atoms with van der Waals surface area (Å²) in [7, 11) is 1.40. The molecule has 0 atom stereocenters. The Morgan fingerprint density at radius 1 is 0.946 bits per heavy atom. The second kappa shape index (κ2) is 9.98. The smallest absolute Gasteiger partial charge is 0.337 e. The molecule has 2 fully saturated rings. The van der Waals surface area contributed by atoms with Crippen LogP contribution in [0.1, 0.15) is 40.7 Å². The maximum absolute atomic E-state index is 11.7. The number of pyridine rings is 2. The average Bonchev–Trinajstić information content (AvgIpc) is 3.53. The van der Waals surface area contributed by atoms with E-state index in [9.17, 15) is 4.79 Å². The van der Waals surface area contributed by atoms with Gasteiger partial charge in [0.05, 0.1) is 12.7 Å². The predicted molar refractivity (Wildman–Crippen MR) is 145 cm³/mol. The van der Waals surface area contributed by atoms with Crippen molar-refractivity contribution in [3.63, 3.8) is 0 Å². The summed E-state index contributed by atoms with van der Waals surface area (Å²) in [6, 6.07) is 16.2. The summed E-state index contributed by atoms with van der Waals surface area (Å²) in [6.07, 6.45) is 11.6. The zero-order valence-corrected chi connectivity index (χ0v) is 21.3. The maximum Gasteiger partial charge on any atom is 0.337 e. The third-order valence-electron chi connectivity index (χ3n) is 8.18. The van der Waals surface area contributed by atoms with Gasteiger partial charge in [0.2, 0.25) is 0 Å². The number of carbonyl (C=O) groups excluding carboxylic acids is 1. The van der Waals surface area contributed by atoms with E-state index >= 15 is 0 Å². The fourth-order valence-corrected chi connectivity index (χ4v) is 6.08. The molecule has 7 nitrogen and oxygen atoms in total. The van der Waals surface area contributed by atoms with Crippen molar-refractivity contribution in [3.8, 4) is 0 Å². The van der Waals surface area contributed by atoms with Crippen LogP contribution >= 0.6 is 0 Å². The third-order valence-corrected chi connectivity index (χ3v) is 8.18. The van der Waals surface area contributed by atoms with Crippen molar-refractivity contribution >= 4 is 22.7 Å². The second-order valence-corrected chi connectivity index (χ2v) is 10.5. The highest BCUT2D eigenvalue weighted by atomic mass is 16.5. The van der Waals surface area contributed by atoms with Crippen molar-refractivity contribution in [1.29, 1.82) is 0 Å². The van der Waals surface area contributed by atoms with Crippen LogP contribution in [0.2, 0.25) is 0 Å². The zero-order valence-electron chi connectivity index (χ0n) is 21.3. The van der Waals surface area contributed by atoms with Gasteiger partial charge < -0.3 is 14.2 Å². The number of piperidine rings is 1. The fraction of sp³-hybridized carbons (Fsp3) is 0.367. The Morgan fingerprint density at radius 2 is 1.76 bits per heavy atom. The molecule has 2 aliphatic heterocycles. The lowest BCUT2D eigenvalue weighted by Crippen LogP contribution is -2.41. The number of carbonyl (C=O) groups is 1. The van der Waals surface area contributed by atoms with Crippen LogP contribution in [0.4, 0.5) is 5.69 Å². The van der Waals surface area contributed by atoms with E-state index in [1.807, 2.05) is 48.9 Å². The number of hydrogen-bond acceptors (Lipinski definition) is 6. The van der Waals surface area contributed by atoms with E-state index in [0.29, 0.717) is 17.5 Å². The van der Waals surface area contributed by atoms with Crippen molar-refractivity contribution in [2.75, 3.05) is 38.2 Å². The number of ether oxygens (including phenoxy) is 1. The number of fused-ring (bicyclic) bond motifs is 1. The molecule has 2 aliphatic rings. The Labute approximate surface area is 217 Å². The Hall–Kier alpha value is -3.71. The molecule has 3 aromatic heterocycles. The average molecular weight is 496 g/mol. The number of methoxy groups -OCH3 is 1. The molecule has 190 valence electrons. The summed E-state index contributed by atoms with van der Waals surface area (Å²) in [5.41, 5.74) is 5.71. The van der Waals surface area contributed by atoms with Gasteiger partial charge in [0.15, 0.2) is 0 Å². The quantitative estimate of drug-likeness (QED) is 0.360. The molecule has 1 spiro atoms. The van der Waals surface area contributed by atoms with Gasteiger partial charge in [-0.2, -0.15) is 0 Å². The summed E-state index contributed by atoms with van der Waals surface area (Å²) in [5, 5.41) is 1.20. The molecule has 0 radical (unpaired) electrons. The van der Waals surface area contributed by atoms with E-state index in [1.54, 1.807) is 0 Å². The van der Waals surface area contributed by atoms with Gasteiger partial charge in [-0.25, -0.2) is 9.78 Å². The summed E-state index contributed by atoms with van der Waals surface area (Å²) >= 11 is 0.